The van der Waals surface area contributed by atoms with Crippen LogP contribution in [0.1, 0.15) is 21.9 Å². The van der Waals surface area contributed by atoms with E-state index >= 15 is 0 Å². The van der Waals surface area contributed by atoms with Crippen molar-refractivity contribution in [3.8, 4) is 0 Å². The molecule has 1 aromatic carbocycles. The number of nitrogens with one attached hydrogen (secondary N) is 1. The molecule has 0 aliphatic carbocycles. The largest absolute Gasteiger partial charge is 0.475 e. The predicted octanol–water partition coefficient (Wildman–Crippen LogP) is 3.75. The van der Waals surface area contributed by atoms with Gasteiger partial charge in [-0.3, -0.25) is 0 Å². The fraction of sp³-hybridized carbons (Fsp3) is 0.154. The number of rotatable bonds is 4. The maximum atomic E-state index is 13.5. The zero-order valence-corrected chi connectivity index (χ0v) is 10.4. The number of carbonyl (C=O) groups is 1. The molecule has 1 heterocycles. The van der Waals surface area contributed by atoms with Crippen molar-refractivity contribution in [3.05, 3.63) is 53.2 Å². The molecule has 0 spiro atoms. The lowest BCUT2D eigenvalue weighted by atomic mass is 10.2. The minimum atomic E-state index is -4.61. The van der Waals surface area contributed by atoms with Gasteiger partial charge in [-0.15, -0.1) is 0 Å². The van der Waals surface area contributed by atoms with E-state index in [0.717, 1.165) is 12.1 Å². The van der Waals surface area contributed by atoms with Crippen LogP contribution in [0.15, 0.2) is 34.7 Å². The number of furan rings is 1. The Kier molecular flexibility index (Phi) is 3.88. The van der Waals surface area contributed by atoms with Crippen LogP contribution in [0.25, 0.3) is 0 Å². The first kappa shape index (κ1) is 14.9. The van der Waals surface area contributed by atoms with Crippen LogP contribution in [-0.4, -0.2) is 11.1 Å². The van der Waals surface area contributed by atoms with Gasteiger partial charge in [0.2, 0.25) is 5.76 Å². The average molecular weight is 303 g/mol. The maximum Gasteiger partial charge on any atom is 0.416 e. The van der Waals surface area contributed by atoms with E-state index in [1.54, 1.807) is 0 Å². The SMILES string of the molecule is O=C(O)c1ccc(CNc2ccc(C(F)(F)F)cc2F)o1. The zero-order valence-electron chi connectivity index (χ0n) is 10.4. The first-order valence-corrected chi connectivity index (χ1v) is 5.70. The highest BCUT2D eigenvalue weighted by Crippen LogP contribution is 2.31. The van der Waals surface area contributed by atoms with E-state index in [-0.39, 0.29) is 23.8 Å². The molecular weight excluding hydrogens is 294 g/mol. The smallest absolute Gasteiger partial charge is 0.416 e. The Morgan fingerprint density at radius 3 is 2.48 bits per heavy atom. The van der Waals surface area contributed by atoms with Gasteiger partial charge in [-0.05, 0) is 30.3 Å². The summed E-state index contributed by atoms with van der Waals surface area (Å²) in [7, 11) is 0. The summed E-state index contributed by atoms with van der Waals surface area (Å²) in [5.41, 5.74) is -1.23. The van der Waals surface area contributed by atoms with Crippen LogP contribution in [0, 0.1) is 5.82 Å². The highest BCUT2D eigenvalue weighted by Gasteiger charge is 2.31. The fourth-order valence-electron chi connectivity index (χ4n) is 1.61. The summed E-state index contributed by atoms with van der Waals surface area (Å²) in [6.45, 7) is -0.0600. The van der Waals surface area contributed by atoms with Crippen molar-refractivity contribution in [3.63, 3.8) is 0 Å². The molecule has 21 heavy (non-hydrogen) atoms. The molecular formula is C13H9F4NO3. The summed E-state index contributed by atoms with van der Waals surface area (Å²) < 4.78 is 55.6. The van der Waals surface area contributed by atoms with E-state index in [4.69, 9.17) is 9.52 Å². The quantitative estimate of drug-likeness (QED) is 0.844. The van der Waals surface area contributed by atoms with E-state index in [1.807, 2.05) is 0 Å². The molecule has 2 aromatic rings. The second-order valence-corrected chi connectivity index (χ2v) is 4.12. The van der Waals surface area contributed by atoms with Gasteiger partial charge in [-0.2, -0.15) is 13.2 Å². The number of halogens is 4. The van der Waals surface area contributed by atoms with Gasteiger partial charge >= 0.3 is 12.1 Å². The van der Waals surface area contributed by atoms with Crippen LogP contribution in [0.2, 0.25) is 0 Å². The standard InChI is InChI=1S/C13H9F4NO3/c14-9-5-7(13(15,16)17)1-3-10(9)18-6-8-2-4-11(21-8)12(19)20/h1-5,18H,6H2,(H,19,20). The Bertz CT molecular complexity index is 664. The highest BCUT2D eigenvalue weighted by molar-refractivity contribution is 5.84. The van der Waals surface area contributed by atoms with Gasteiger partial charge in [0.25, 0.3) is 0 Å². The van der Waals surface area contributed by atoms with Gasteiger partial charge < -0.3 is 14.8 Å². The molecule has 2 rings (SSSR count). The molecule has 0 amide bonds. The topological polar surface area (TPSA) is 62.5 Å². The van der Waals surface area contributed by atoms with Gasteiger partial charge in [0.15, 0.2) is 0 Å². The van der Waals surface area contributed by atoms with Gasteiger partial charge in [0.1, 0.15) is 11.6 Å². The third-order valence-corrected chi connectivity index (χ3v) is 2.62. The number of hydrogen-bond acceptors (Lipinski definition) is 3. The van der Waals surface area contributed by atoms with Crippen molar-refractivity contribution < 1.29 is 31.9 Å². The Labute approximate surface area is 116 Å². The van der Waals surface area contributed by atoms with Crippen LogP contribution in [-0.2, 0) is 12.7 Å². The fourth-order valence-corrected chi connectivity index (χ4v) is 1.61. The van der Waals surface area contributed by atoms with Crippen molar-refractivity contribution in [1.29, 1.82) is 0 Å². The number of hydrogen-bond donors (Lipinski definition) is 2. The average Bonchev–Trinajstić information content (AvgIpc) is 2.85. The van der Waals surface area contributed by atoms with Gasteiger partial charge in [-0.25, -0.2) is 9.18 Å². The Morgan fingerprint density at radius 2 is 1.95 bits per heavy atom. The normalized spacial score (nSPS) is 11.4. The Hall–Kier alpha value is -2.51. The molecule has 4 nitrogen and oxygen atoms in total. The Morgan fingerprint density at radius 1 is 1.24 bits per heavy atom. The molecule has 0 aliphatic rings. The predicted molar refractivity (Wildman–Crippen MR) is 64.4 cm³/mol. The van der Waals surface area contributed by atoms with Gasteiger partial charge in [0, 0.05) is 0 Å². The van der Waals surface area contributed by atoms with Crippen molar-refractivity contribution in [2.45, 2.75) is 12.7 Å². The molecule has 8 heteroatoms. The van der Waals surface area contributed by atoms with Gasteiger partial charge in [-0.1, -0.05) is 0 Å². The first-order valence-electron chi connectivity index (χ1n) is 5.70. The Balaban J connectivity index is 2.08. The number of anilines is 1. The van der Waals surface area contributed by atoms with Crippen molar-refractivity contribution in [2.75, 3.05) is 5.32 Å². The van der Waals surface area contributed by atoms with E-state index in [0.29, 0.717) is 6.07 Å². The molecule has 0 aliphatic heterocycles. The molecule has 0 saturated carbocycles. The van der Waals surface area contributed by atoms with Crippen molar-refractivity contribution in [1.82, 2.24) is 0 Å². The number of benzene rings is 1. The maximum absolute atomic E-state index is 13.5. The van der Waals surface area contributed by atoms with E-state index in [1.165, 1.54) is 12.1 Å². The van der Waals surface area contributed by atoms with Crippen LogP contribution in [0.3, 0.4) is 0 Å². The lowest BCUT2D eigenvalue weighted by molar-refractivity contribution is -0.137. The lowest BCUT2D eigenvalue weighted by Gasteiger charge is -2.10. The third-order valence-electron chi connectivity index (χ3n) is 2.62. The summed E-state index contributed by atoms with van der Waals surface area (Å²) in [5.74, 6) is -2.37. The van der Waals surface area contributed by atoms with E-state index < -0.39 is 23.5 Å². The number of aromatic carboxylic acids is 1. The second kappa shape index (κ2) is 5.47. The van der Waals surface area contributed by atoms with E-state index in [9.17, 15) is 22.4 Å². The van der Waals surface area contributed by atoms with Crippen LogP contribution < -0.4 is 5.32 Å². The van der Waals surface area contributed by atoms with Crippen LogP contribution >= 0.6 is 0 Å². The molecule has 2 N–H and O–H groups in total. The highest BCUT2D eigenvalue weighted by atomic mass is 19.4. The molecule has 0 radical (unpaired) electrons. The molecule has 0 bridgehead atoms. The number of carboxylic acids is 1. The third kappa shape index (κ3) is 3.53. The molecule has 0 atom stereocenters. The first-order chi connectivity index (χ1) is 9.77. The number of carboxylic acid groups (broad SMARTS) is 1. The van der Waals surface area contributed by atoms with Crippen molar-refractivity contribution >= 4 is 11.7 Å². The second-order valence-electron chi connectivity index (χ2n) is 4.12. The van der Waals surface area contributed by atoms with Crippen LogP contribution in [0.4, 0.5) is 23.2 Å². The minimum absolute atomic E-state index is 0.0600. The monoisotopic (exact) mass is 303 g/mol. The molecule has 112 valence electrons. The molecule has 0 saturated heterocycles. The van der Waals surface area contributed by atoms with E-state index in [2.05, 4.69) is 5.32 Å². The summed E-state index contributed by atoms with van der Waals surface area (Å²) in [5, 5.41) is 11.2. The summed E-state index contributed by atoms with van der Waals surface area (Å²) in [4.78, 5) is 10.6. The molecule has 0 fully saturated rings. The minimum Gasteiger partial charge on any atom is -0.475 e. The summed E-state index contributed by atoms with van der Waals surface area (Å²) in [6.07, 6.45) is -4.61. The zero-order chi connectivity index (χ0) is 15.6. The molecule has 1 aromatic heterocycles. The van der Waals surface area contributed by atoms with Crippen molar-refractivity contribution in [2.24, 2.45) is 0 Å². The van der Waals surface area contributed by atoms with Gasteiger partial charge in [0.05, 0.1) is 17.8 Å². The number of alkyl halides is 3. The summed E-state index contributed by atoms with van der Waals surface area (Å²) >= 11 is 0. The molecule has 0 unspecified atom stereocenters. The lowest BCUT2D eigenvalue weighted by Crippen LogP contribution is -2.07. The summed E-state index contributed by atoms with van der Waals surface area (Å²) in [6, 6.07) is 4.68. The van der Waals surface area contributed by atoms with Crippen LogP contribution in [0.5, 0.6) is 0 Å².